The summed E-state index contributed by atoms with van der Waals surface area (Å²) in [6.45, 7) is 0.799. The fourth-order valence-electron chi connectivity index (χ4n) is 3.76. The van der Waals surface area contributed by atoms with Crippen molar-refractivity contribution in [2.45, 2.75) is 25.1 Å². The first-order valence-corrected chi connectivity index (χ1v) is 10.9. The van der Waals surface area contributed by atoms with Crippen LogP contribution in [0.4, 0.5) is 30.4 Å². The first kappa shape index (κ1) is 22.1. The van der Waals surface area contributed by atoms with E-state index in [1.807, 2.05) is 4.90 Å². The first-order chi connectivity index (χ1) is 15.3. The number of aromatic nitrogens is 3. The summed E-state index contributed by atoms with van der Waals surface area (Å²) in [6.07, 6.45) is 0.917. The lowest BCUT2D eigenvalue weighted by Crippen LogP contribution is -2.31. The topological polar surface area (TPSA) is 115 Å². The maximum absolute atomic E-state index is 15.5. The zero-order valence-corrected chi connectivity index (χ0v) is 18.0. The summed E-state index contributed by atoms with van der Waals surface area (Å²) in [4.78, 5) is 18.1. The third-order valence-electron chi connectivity index (χ3n) is 5.50. The minimum absolute atomic E-state index is 0.0292. The van der Waals surface area contributed by atoms with E-state index >= 15 is 4.39 Å². The quantitative estimate of drug-likeness (QED) is 0.511. The maximum Gasteiger partial charge on any atom is 0.275 e. The Balaban J connectivity index is 1.75. The van der Waals surface area contributed by atoms with Gasteiger partial charge in [0.1, 0.15) is 23.4 Å². The fourth-order valence-corrected chi connectivity index (χ4v) is 4.30. The van der Waals surface area contributed by atoms with Gasteiger partial charge in [-0.15, -0.1) is 11.3 Å². The standard InChI is InChI=1S/C20H22F3N7OS/c1-29-20(30-4-2-12(21)13(24)3-5-30)11(7-27-29)10-6-14(25)17(23)18(16(10)22)28-19(31)15-8-32-9-26-15/h6-9,12-13H,2-5,24-25H2,1H3,(H,28,31)/t12-,13-/m0/s1. The highest BCUT2D eigenvalue weighted by Crippen LogP contribution is 2.39. The Kier molecular flexibility index (Phi) is 6.07. The number of nitrogen functional groups attached to an aromatic ring is 1. The number of anilines is 3. The number of nitrogens with zero attached hydrogens (tertiary/aromatic N) is 4. The molecule has 1 amide bonds. The second-order valence-electron chi connectivity index (χ2n) is 7.59. The first-order valence-electron chi connectivity index (χ1n) is 9.92. The van der Waals surface area contributed by atoms with Gasteiger partial charge in [0.2, 0.25) is 0 Å². The van der Waals surface area contributed by atoms with Crippen LogP contribution in [-0.4, -0.2) is 46.0 Å². The van der Waals surface area contributed by atoms with Gasteiger partial charge in [-0.25, -0.2) is 18.2 Å². The molecular weight excluding hydrogens is 443 g/mol. The van der Waals surface area contributed by atoms with E-state index < -0.39 is 35.4 Å². The Bertz CT molecular complexity index is 1120. The number of carbonyl (C=O) groups is 1. The van der Waals surface area contributed by atoms with Crippen LogP contribution in [0, 0.1) is 11.6 Å². The number of thiazole rings is 1. The zero-order valence-electron chi connectivity index (χ0n) is 17.2. The minimum Gasteiger partial charge on any atom is -0.396 e. The molecule has 32 heavy (non-hydrogen) atoms. The number of nitrogens with two attached hydrogens (primary N) is 2. The van der Waals surface area contributed by atoms with Crippen LogP contribution in [-0.2, 0) is 7.05 Å². The molecule has 4 rings (SSSR count). The largest absolute Gasteiger partial charge is 0.396 e. The van der Waals surface area contributed by atoms with Gasteiger partial charge in [0.05, 0.1) is 17.4 Å². The van der Waals surface area contributed by atoms with E-state index in [9.17, 15) is 13.6 Å². The fraction of sp³-hybridized carbons (Fsp3) is 0.350. The number of alkyl halides is 1. The second-order valence-corrected chi connectivity index (χ2v) is 8.31. The SMILES string of the molecule is Cn1ncc(-c2cc(N)c(F)c(NC(=O)c3cscn3)c2F)c1N1CC[C@H](N)[C@@H](F)CC1. The molecule has 170 valence electrons. The van der Waals surface area contributed by atoms with Crippen molar-refractivity contribution in [2.75, 3.05) is 29.0 Å². The van der Waals surface area contributed by atoms with E-state index in [0.29, 0.717) is 30.9 Å². The molecular formula is C20H22F3N7OS. The van der Waals surface area contributed by atoms with Crippen molar-refractivity contribution in [2.24, 2.45) is 12.8 Å². The molecule has 0 spiro atoms. The van der Waals surface area contributed by atoms with Crippen molar-refractivity contribution in [1.82, 2.24) is 14.8 Å². The predicted molar refractivity (Wildman–Crippen MR) is 117 cm³/mol. The molecule has 0 saturated carbocycles. The van der Waals surface area contributed by atoms with Crippen LogP contribution in [0.15, 0.2) is 23.2 Å². The maximum atomic E-state index is 15.5. The Labute approximate surface area is 186 Å². The summed E-state index contributed by atoms with van der Waals surface area (Å²) in [5.41, 5.74) is 12.4. The van der Waals surface area contributed by atoms with Crippen molar-refractivity contribution >= 4 is 34.4 Å². The van der Waals surface area contributed by atoms with Crippen LogP contribution < -0.4 is 21.7 Å². The van der Waals surface area contributed by atoms with Gasteiger partial charge in [-0.2, -0.15) is 5.10 Å². The van der Waals surface area contributed by atoms with Gasteiger partial charge in [0.25, 0.3) is 5.91 Å². The summed E-state index contributed by atoms with van der Waals surface area (Å²) in [6, 6.07) is 0.577. The average molecular weight is 466 g/mol. The van der Waals surface area contributed by atoms with E-state index in [2.05, 4.69) is 15.4 Å². The molecule has 12 heteroatoms. The Morgan fingerprint density at radius 3 is 2.72 bits per heavy atom. The summed E-state index contributed by atoms with van der Waals surface area (Å²) >= 11 is 1.18. The number of amides is 1. The molecule has 2 aromatic heterocycles. The molecule has 1 saturated heterocycles. The molecule has 0 bridgehead atoms. The third-order valence-corrected chi connectivity index (χ3v) is 6.09. The third kappa shape index (κ3) is 4.02. The number of halogens is 3. The van der Waals surface area contributed by atoms with Crippen molar-refractivity contribution in [1.29, 1.82) is 0 Å². The molecule has 1 aliphatic heterocycles. The number of nitrogens with one attached hydrogen (secondary N) is 1. The van der Waals surface area contributed by atoms with E-state index in [-0.39, 0.29) is 23.4 Å². The van der Waals surface area contributed by atoms with E-state index in [1.54, 1.807) is 7.05 Å². The summed E-state index contributed by atoms with van der Waals surface area (Å²) in [5.74, 6) is -2.32. The molecule has 1 aromatic carbocycles. The Morgan fingerprint density at radius 1 is 1.25 bits per heavy atom. The van der Waals surface area contributed by atoms with E-state index in [0.717, 1.165) is 6.07 Å². The van der Waals surface area contributed by atoms with Crippen LogP contribution in [0.1, 0.15) is 23.3 Å². The number of benzene rings is 1. The van der Waals surface area contributed by atoms with Gasteiger partial charge < -0.3 is 21.7 Å². The van der Waals surface area contributed by atoms with E-state index in [4.69, 9.17) is 11.5 Å². The van der Waals surface area contributed by atoms with Crippen LogP contribution in [0.5, 0.6) is 0 Å². The molecule has 3 aromatic rings. The lowest BCUT2D eigenvalue weighted by atomic mass is 10.0. The lowest BCUT2D eigenvalue weighted by molar-refractivity contribution is 0.102. The van der Waals surface area contributed by atoms with Crippen molar-refractivity contribution in [3.63, 3.8) is 0 Å². The van der Waals surface area contributed by atoms with Gasteiger partial charge >= 0.3 is 0 Å². The van der Waals surface area contributed by atoms with Crippen LogP contribution in [0.3, 0.4) is 0 Å². The van der Waals surface area contributed by atoms with Gasteiger partial charge in [0.15, 0.2) is 11.6 Å². The van der Waals surface area contributed by atoms with Gasteiger partial charge in [-0.1, -0.05) is 0 Å². The number of hydrogen-bond acceptors (Lipinski definition) is 7. The Morgan fingerprint density at radius 2 is 2.00 bits per heavy atom. The van der Waals surface area contributed by atoms with Crippen molar-refractivity contribution in [3.8, 4) is 11.1 Å². The number of hydrogen-bond donors (Lipinski definition) is 3. The zero-order chi connectivity index (χ0) is 23.0. The number of carbonyl (C=O) groups excluding carboxylic acids is 1. The van der Waals surface area contributed by atoms with Crippen molar-refractivity contribution in [3.05, 3.63) is 40.5 Å². The summed E-state index contributed by atoms with van der Waals surface area (Å²) in [5, 5.41) is 7.90. The van der Waals surface area contributed by atoms with E-state index in [1.165, 1.54) is 33.1 Å². The molecule has 0 aliphatic carbocycles. The molecule has 3 heterocycles. The summed E-state index contributed by atoms with van der Waals surface area (Å²) in [7, 11) is 1.67. The predicted octanol–water partition coefficient (Wildman–Crippen LogP) is 2.92. The number of rotatable bonds is 4. The number of aryl methyl sites for hydroxylation is 1. The average Bonchev–Trinajstić information content (AvgIpc) is 3.40. The normalized spacial score (nSPS) is 19.1. The van der Waals surface area contributed by atoms with Crippen molar-refractivity contribution < 1.29 is 18.0 Å². The highest BCUT2D eigenvalue weighted by atomic mass is 32.1. The van der Waals surface area contributed by atoms with Gasteiger partial charge in [0, 0.05) is 42.7 Å². The van der Waals surface area contributed by atoms with Crippen LogP contribution in [0.25, 0.3) is 11.1 Å². The second kappa shape index (κ2) is 8.79. The van der Waals surface area contributed by atoms with Crippen LogP contribution >= 0.6 is 11.3 Å². The highest BCUT2D eigenvalue weighted by molar-refractivity contribution is 7.07. The smallest absolute Gasteiger partial charge is 0.275 e. The van der Waals surface area contributed by atoms with Gasteiger partial charge in [-0.3, -0.25) is 9.48 Å². The minimum atomic E-state index is -1.14. The molecule has 1 aliphatic rings. The highest BCUT2D eigenvalue weighted by Gasteiger charge is 2.29. The molecule has 5 N–H and O–H groups in total. The van der Waals surface area contributed by atoms with Crippen LogP contribution in [0.2, 0.25) is 0 Å². The molecule has 0 radical (unpaired) electrons. The molecule has 8 nitrogen and oxygen atoms in total. The lowest BCUT2D eigenvalue weighted by Gasteiger charge is -2.24. The Hall–Kier alpha value is -3.12. The molecule has 2 atom stereocenters. The monoisotopic (exact) mass is 465 g/mol. The summed E-state index contributed by atoms with van der Waals surface area (Å²) < 4.78 is 45.8. The molecule has 1 fully saturated rings. The van der Waals surface area contributed by atoms with Gasteiger partial charge in [-0.05, 0) is 18.9 Å². The molecule has 0 unspecified atom stereocenters.